The molecule has 0 saturated carbocycles. The number of nitrogens with zero attached hydrogens (tertiary/aromatic N) is 2. The van der Waals surface area contributed by atoms with Crippen LogP contribution < -0.4 is 5.32 Å². The SMILES string of the molecule is C[C@@H]1[C@H](CN(C)C[C@@H](O)c2cccc(O)c2)O[C@H](c2ccc(-c3cccc(CN4C(=O)CC(NC(=O)OCc5ccccc5)C4=O)c3)cc2)O[C@@H]1c1ccc(CO)cc1. The van der Waals surface area contributed by atoms with E-state index >= 15 is 0 Å². The normalized spacial score (nSPS) is 21.1. The summed E-state index contributed by atoms with van der Waals surface area (Å²) in [5.41, 5.74) is 6.57. The number of phenols is 1. The van der Waals surface area contributed by atoms with Crippen molar-refractivity contribution >= 4 is 17.9 Å². The van der Waals surface area contributed by atoms with Crippen molar-refractivity contribution in [1.29, 1.82) is 0 Å². The largest absolute Gasteiger partial charge is 0.508 e. The fourth-order valence-electron chi connectivity index (χ4n) is 7.58. The van der Waals surface area contributed by atoms with Crippen molar-refractivity contribution in [2.24, 2.45) is 5.92 Å². The summed E-state index contributed by atoms with van der Waals surface area (Å²) >= 11 is 0. The minimum Gasteiger partial charge on any atom is -0.508 e. The third kappa shape index (κ3) is 10.2. The van der Waals surface area contributed by atoms with Crippen LogP contribution in [0.2, 0.25) is 0 Å². The van der Waals surface area contributed by atoms with Gasteiger partial charge in [0.15, 0.2) is 6.29 Å². The lowest BCUT2D eigenvalue weighted by Gasteiger charge is -2.42. The van der Waals surface area contributed by atoms with Gasteiger partial charge >= 0.3 is 6.09 Å². The summed E-state index contributed by atoms with van der Waals surface area (Å²) in [6.45, 7) is 2.97. The highest BCUT2D eigenvalue weighted by Gasteiger charge is 2.40. The number of alkyl carbamates (subject to hydrolysis) is 1. The molecule has 3 amide bonds. The molecule has 0 bridgehead atoms. The summed E-state index contributed by atoms with van der Waals surface area (Å²) in [5.74, 6) is -0.828. The minimum absolute atomic E-state index is 0.0489. The molecule has 59 heavy (non-hydrogen) atoms. The number of hydrogen-bond donors (Lipinski definition) is 4. The number of benzene rings is 5. The number of nitrogens with one attached hydrogen (secondary N) is 1. The molecule has 2 heterocycles. The number of amides is 3. The summed E-state index contributed by atoms with van der Waals surface area (Å²) in [6.07, 6.45) is -3.01. The van der Waals surface area contributed by atoms with Gasteiger partial charge in [-0.2, -0.15) is 0 Å². The van der Waals surface area contributed by atoms with Crippen LogP contribution in [0.15, 0.2) is 127 Å². The average Bonchev–Trinajstić information content (AvgIpc) is 3.51. The summed E-state index contributed by atoms with van der Waals surface area (Å²) < 4.78 is 18.6. The molecule has 2 fully saturated rings. The first-order valence-electron chi connectivity index (χ1n) is 19.7. The first kappa shape index (κ1) is 41.3. The minimum atomic E-state index is -0.996. The number of phenolic OH excluding ortho intramolecular Hbond substituents is 1. The molecular weight excluding hydrogens is 751 g/mol. The molecule has 7 rings (SSSR count). The Morgan fingerprint density at radius 2 is 1.56 bits per heavy atom. The number of ether oxygens (including phenoxy) is 3. The fraction of sp³-hybridized carbons (Fsp3) is 0.298. The number of rotatable bonds is 14. The molecule has 12 heteroatoms. The van der Waals surface area contributed by atoms with Crippen LogP contribution in [-0.2, 0) is 43.6 Å². The monoisotopic (exact) mass is 799 g/mol. The molecule has 4 N–H and O–H groups in total. The molecule has 0 aromatic heterocycles. The lowest BCUT2D eigenvalue weighted by atomic mass is 9.90. The molecule has 12 nitrogen and oxygen atoms in total. The van der Waals surface area contributed by atoms with Crippen LogP contribution in [0.3, 0.4) is 0 Å². The summed E-state index contributed by atoms with van der Waals surface area (Å²) in [4.78, 5) is 41.7. The first-order valence-corrected chi connectivity index (χ1v) is 19.7. The van der Waals surface area contributed by atoms with E-state index < -0.39 is 30.4 Å². The average molecular weight is 800 g/mol. The van der Waals surface area contributed by atoms with Gasteiger partial charge in [0.25, 0.3) is 5.91 Å². The Kier molecular flexibility index (Phi) is 13.1. The van der Waals surface area contributed by atoms with Crippen LogP contribution in [0.5, 0.6) is 5.75 Å². The molecule has 5 aromatic rings. The number of carbonyl (C=O) groups is 3. The van der Waals surface area contributed by atoms with Gasteiger partial charge in [-0.1, -0.05) is 116 Å². The molecule has 306 valence electrons. The van der Waals surface area contributed by atoms with Crippen molar-refractivity contribution in [2.45, 2.75) is 63.7 Å². The maximum atomic E-state index is 13.2. The molecular formula is C47H49N3O9. The second kappa shape index (κ2) is 18.8. The third-order valence-corrected chi connectivity index (χ3v) is 10.9. The van der Waals surface area contributed by atoms with Crippen molar-refractivity contribution in [3.8, 4) is 16.9 Å². The van der Waals surface area contributed by atoms with Gasteiger partial charge in [0, 0.05) is 24.6 Å². The van der Waals surface area contributed by atoms with Crippen molar-refractivity contribution in [2.75, 3.05) is 20.1 Å². The number of hydrogen-bond acceptors (Lipinski definition) is 10. The predicted molar refractivity (Wildman–Crippen MR) is 219 cm³/mol. The highest BCUT2D eigenvalue weighted by atomic mass is 16.7. The highest BCUT2D eigenvalue weighted by Crippen LogP contribution is 2.42. The van der Waals surface area contributed by atoms with Crippen molar-refractivity contribution in [3.05, 3.63) is 161 Å². The number of aromatic hydroxyl groups is 1. The van der Waals surface area contributed by atoms with Gasteiger partial charge in [0.1, 0.15) is 18.4 Å². The van der Waals surface area contributed by atoms with Crippen LogP contribution in [-0.4, -0.2) is 75.3 Å². The van der Waals surface area contributed by atoms with Gasteiger partial charge in [-0.15, -0.1) is 0 Å². The van der Waals surface area contributed by atoms with Crippen LogP contribution in [0.25, 0.3) is 11.1 Å². The number of carbonyl (C=O) groups excluding carboxylic acids is 3. The van der Waals surface area contributed by atoms with E-state index in [1.807, 2.05) is 115 Å². The molecule has 5 aromatic carbocycles. The summed E-state index contributed by atoms with van der Waals surface area (Å²) in [5, 5.41) is 33.0. The van der Waals surface area contributed by atoms with E-state index in [1.165, 1.54) is 0 Å². The second-order valence-electron chi connectivity index (χ2n) is 15.3. The molecule has 0 aliphatic carbocycles. The van der Waals surface area contributed by atoms with Crippen LogP contribution in [0, 0.1) is 5.92 Å². The smallest absolute Gasteiger partial charge is 0.408 e. The highest BCUT2D eigenvalue weighted by molar-refractivity contribution is 6.06. The molecule has 0 radical (unpaired) electrons. The Labute approximate surface area is 343 Å². The van der Waals surface area contributed by atoms with E-state index in [0.717, 1.165) is 43.8 Å². The zero-order valence-corrected chi connectivity index (χ0v) is 33.0. The number of aliphatic hydroxyl groups excluding tert-OH is 2. The second-order valence-corrected chi connectivity index (χ2v) is 15.3. The van der Waals surface area contributed by atoms with E-state index in [0.29, 0.717) is 18.7 Å². The Balaban J connectivity index is 1.02. The Morgan fingerprint density at radius 3 is 2.29 bits per heavy atom. The quantitative estimate of drug-likeness (QED) is 0.0907. The standard InChI is InChI=1S/C47H49N3O9/c1-30-42(27-49(2)26-41(53)38-12-7-13-39(52)23-38)58-46(59-44(30)35-16-14-31(28-51)15-17-35)36-20-18-34(19-21-36)37-11-6-10-33(22-37)25-50-43(54)24-40(45(50)55)48-47(56)57-29-32-8-4-3-5-9-32/h3-23,30,40-42,44,46,51-53H,24-29H2,1-2H3,(H,48,56)/t30-,40?,41-,42+,44+,46+/m1/s1. The van der Waals surface area contributed by atoms with Gasteiger partial charge in [-0.05, 0) is 64.2 Å². The molecule has 2 aliphatic heterocycles. The number of likely N-dealkylation sites (N-methyl/N-ethyl adjacent to an activating group) is 1. The Bertz CT molecular complexity index is 2220. The summed E-state index contributed by atoms with van der Waals surface area (Å²) in [7, 11) is 1.93. The lowest BCUT2D eigenvalue weighted by molar-refractivity contribution is -0.276. The van der Waals surface area contributed by atoms with Gasteiger partial charge < -0.3 is 39.7 Å². The van der Waals surface area contributed by atoms with Gasteiger partial charge in [-0.25, -0.2) is 4.79 Å². The summed E-state index contributed by atoms with van der Waals surface area (Å²) in [6, 6.07) is 38.0. The fourth-order valence-corrected chi connectivity index (χ4v) is 7.58. The maximum Gasteiger partial charge on any atom is 0.408 e. The van der Waals surface area contributed by atoms with Crippen molar-refractivity contribution in [3.63, 3.8) is 0 Å². The third-order valence-electron chi connectivity index (χ3n) is 10.9. The van der Waals surface area contributed by atoms with E-state index in [-0.39, 0.29) is 56.0 Å². The lowest BCUT2D eigenvalue weighted by Crippen LogP contribution is -2.44. The number of imide groups is 1. The number of aliphatic hydroxyl groups is 2. The molecule has 2 saturated heterocycles. The first-order chi connectivity index (χ1) is 28.5. The Hall–Kier alpha value is -5.89. The van der Waals surface area contributed by atoms with E-state index in [2.05, 4.69) is 12.2 Å². The molecule has 2 aliphatic rings. The van der Waals surface area contributed by atoms with Crippen molar-refractivity contribution < 1.29 is 43.9 Å². The van der Waals surface area contributed by atoms with Gasteiger partial charge in [0.05, 0.1) is 37.9 Å². The molecule has 1 unspecified atom stereocenters. The topological polar surface area (TPSA) is 158 Å². The van der Waals surface area contributed by atoms with Crippen molar-refractivity contribution in [1.82, 2.24) is 15.1 Å². The van der Waals surface area contributed by atoms with Gasteiger partial charge in [-0.3, -0.25) is 14.5 Å². The number of likely N-dealkylation sites (tertiary alicyclic amines) is 1. The van der Waals surface area contributed by atoms with Crippen LogP contribution >= 0.6 is 0 Å². The predicted octanol–water partition coefficient (Wildman–Crippen LogP) is 6.56. The van der Waals surface area contributed by atoms with Crippen LogP contribution in [0.4, 0.5) is 4.79 Å². The van der Waals surface area contributed by atoms with E-state index in [9.17, 15) is 29.7 Å². The van der Waals surface area contributed by atoms with Crippen LogP contribution in [0.1, 0.15) is 65.2 Å². The van der Waals surface area contributed by atoms with E-state index in [4.69, 9.17) is 14.2 Å². The molecule has 6 atom stereocenters. The zero-order chi connectivity index (χ0) is 41.5. The van der Waals surface area contributed by atoms with Gasteiger partial charge in [0.2, 0.25) is 5.91 Å². The Morgan fingerprint density at radius 1 is 0.847 bits per heavy atom. The maximum absolute atomic E-state index is 13.2. The van der Waals surface area contributed by atoms with E-state index in [1.54, 1.807) is 24.3 Å². The zero-order valence-electron chi connectivity index (χ0n) is 33.0. The molecule has 0 spiro atoms.